The van der Waals surface area contributed by atoms with Crippen LogP contribution < -0.4 is 15.7 Å². The first kappa shape index (κ1) is 16.8. The second-order valence-corrected chi connectivity index (χ2v) is 7.05. The number of carbonyl (C=O) groups excluding carboxylic acids is 1. The molecule has 0 unspecified atom stereocenters. The standard InChI is InChI=1S/C16H16N4O4S/c1-2-15(21)17-10-3-6-12(7-4-10)25(23,24)20-11-5-8-13-14(9-11)19-16(22)18-13/h3-9,20H,2H2,1H3,(H,17,21)(H2,18,19,22). The van der Waals surface area contributed by atoms with Crippen LogP contribution in [0.5, 0.6) is 0 Å². The summed E-state index contributed by atoms with van der Waals surface area (Å²) in [6.07, 6.45) is 0.339. The van der Waals surface area contributed by atoms with E-state index >= 15 is 0 Å². The molecule has 3 aromatic rings. The Morgan fingerprint density at radius 2 is 1.64 bits per heavy atom. The smallest absolute Gasteiger partial charge is 0.323 e. The Hall–Kier alpha value is -3.07. The van der Waals surface area contributed by atoms with Crippen LogP contribution in [-0.4, -0.2) is 24.3 Å². The van der Waals surface area contributed by atoms with Crippen LogP contribution in [-0.2, 0) is 14.8 Å². The molecule has 130 valence electrons. The van der Waals surface area contributed by atoms with Crippen molar-refractivity contribution in [2.75, 3.05) is 10.0 Å². The molecule has 0 saturated carbocycles. The van der Waals surface area contributed by atoms with Crippen molar-refractivity contribution in [2.24, 2.45) is 0 Å². The predicted molar refractivity (Wildman–Crippen MR) is 95.1 cm³/mol. The summed E-state index contributed by atoms with van der Waals surface area (Å²) in [7, 11) is -3.79. The van der Waals surface area contributed by atoms with Crippen molar-refractivity contribution in [2.45, 2.75) is 18.2 Å². The summed E-state index contributed by atoms with van der Waals surface area (Å²) in [6, 6.07) is 10.5. The minimum atomic E-state index is -3.79. The van der Waals surface area contributed by atoms with Crippen molar-refractivity contribution in [3.05, 3.63) is 52.9 Å². The lowest BCUT2D eigenvalue weighted by Crippen LogP contribution is -2.13. The van der Waals surface area contributed by atoms with Crippen LogP contribution in [0.15, 0.2) is 52.2 Å². The van der Waals surface area contributed by atoms with E-state index in [9.17, 15) is 18.0 Å². The molecule has 0 radical (unpaired) electrons. The number of sulfonamides is 1. The highest BCUT2D eigenvalue weighted by Crippen LogP contribution is 2.20. The Kier molecular flexibility index (Phi) is 4.32. The number of imidazole rings is 1. The van der Waals surface area contributed by atoms with Gasteiger partial charge in [-0.1, -0.05) is 6.92 Å². The first-order valence-electron chi connectivity index (χ1n) is 7.52. The molecule has 25 heavy (non-hydrogen) atoms. The summed E-state index contributed by atoms with van der Waals surface area (Å²) in [4.78, 5) is 27.8. The number of amides is 1. The quantitative estimate of drug-likeness (QED) is 0.555. The molecule has 0 aliphatic rings. The van der Waals surface area contributed by atoms with Gasteiger partial charge < -0.3 is 15.3 Å². The van der Waals surface area contributed by atoms with E-state index in [4.69, 9.17) is 0 Å². The van der Waals surface area contributed by atoms with E-state index in [1.807, 2.05) is 0 Å². The summed E-state index contributed by atoms with van der Waals surface area (Å²) < 4.78 is 27.4. The SMILES string of the molecule is CCC(=O)Nc1ccc(S(=O)(=O)Nc2ccc3[nH]c(=O)[nH]c3c2)cc1. The minimum Gasteiger partial charge on any atom is -0.326 e. The molecule has 0 saturated heterocycles. The van der Waals surface area contributed by atoms with Gasteiger partial charge in [0, 0.05) is 12.1 Å². The number of fused-ring (bicyclic) bond motifs is 1. The first-order chi connectivity index (χ1) is 11.9. The predicted octanol–water partition coefficient (Wildman–Crippen LogP) is 2.01. The van der Waals surface area contributed by atoms with E-state index in [2.05, 4.69) is 20.0 Å². The van der Waals surface area contributed by atoms with Gasteiger partial charge in [0.05, 0.1) is 21.6 Å². The molecule has 4 N–H and O–H groups in total. The number of carbonyl (C=O) groups is 1. The highest BCUT2D eigenvalue weighted by molar-refractivity contribution is 7.92. The third-order valence-electron chi connectivity index (χ3n) is 3.54. The topological polar surface area (TPSA) is 124 Å². The molecule has 0 atom stereocenters. The van der Waals surface area contributed by atoms with E-state index in [-0.39, 0.29) is 16.5 Å². The molecule has 9 heteroatoms. The number of benzene rings is 2. The van der Waals surface area contributed by atoms with Gasteiger partial charge in [0.1, 0.15) is 0 Å². The Labute approximate surface area is 143 Å². The lowest BCUT2D eigenvalue weighted by molar-refractivity contribution is -0.115. The molecule has 0 aliphatic carbocycles. The average molecular weight is 360 g/mol. The lowest BCUT2D eigenvalue weighted by Gasteiger charge is -2.09. The number of hydrogen-bond acceptors (Lipinski definition) is 4. The molecule has 2 aromatic carbocycles. The summed E-state index contributed by atoms with van der Waals surface area (Å²) >= 11 is 0. The molecular weight excluding hydrogens is 344 g/mol. The number of aromatic nitrogens is 2. The van der Waals surface area contributed by atoms with Crippen LogP contribution in [0.4, 0.5) is 11.4 Å². The zero-order chi connectivity index (χ0) is 18.0. The van der Waals surface area contributed by atoms with Crippen LogP contribution in [0.1, 0.15) is 13.3 Å². The fourth-order valence-electron chi connectivity index (χ4n) is 2.28. The monoisotopic (exact) mass is 360 g/mol. The Morgan fingerprint density at radius 3 is 2.32 bits per heavy atom. The summed E-state index contributed by atoms with van der Waals surface area (Å²) in [5, 5.41) is 2.65. The van der Waals surface area contributed by atoms with Gasteiger partial charge in [0.25, 0.3) is 10.0 Å². The molecule has 0 bridgehead atoms. The van der Waals surface area contributed by atoms with Crippen LogP contribution in [0.2, 0.25) is 0 Å². The Balaban J connectivity index is 1.82. The number of anilines is 2. The fraction of sp³-hybridized carbons (Fsp3) is 0.125. The molecule has 8 nitrogen and oxygen atoms in total. The van der Waals surface area contributed by atoms with Crippen LogP contribution in [0.3, 0.4) is 0 Å². The maximum absolute atomic E-state index is 12.5. The number of hydrogen-bond donors (Lipinski definition) is 4. The summed E-state index contributed by atoms with van der Waals surface area (Å²) in [6.45, 7) is 1.73. The van der Waals surface area contributed by atoms with E-state index in [1.54, 1.807) is 19.1 Å². The molecule has 1 aromatic heterocycles. The highest BCUT2D eigenvalue weighted by atomic mass is 32.2. The van der Waals surface area contributed by atoms with Crippen LogP contribution >= 0.6 is 0 Å². The van der Waals surface area contributed by atoms with E-state index in [1.165, 1.54) is 30.3 Å². The third-order valence-corrected chi connectivity index (χ3v) is 4.93. The zero-order valence-corrected chi connectivity index (χ0v) is 14.1. The van der Waals surface area contributed by atoms with Gasteiger partial charge in [-0.15, -0.1) is 0 Å². The van der Waals surface area contributed by atoms with Crippen molar-refractivity contribution in [3.8, 4) is 0 Å². The van der Waals surface area contributed by atoms with Gasteiger partial charge in [0.2, 0.25) is 5.91 Å². The molecule has 0 spiro atoms. The highest BCUT2D eigenvalue weighted by Gasteiger charge is 2.15. The second-order valence-electron chi connectivity index (χ2n) is 5.37. The van der Waals surface area contributed by atoms with E-state index in [0.29, 0.717) is 28.8 Å². The van der Waals surface area contributed by atoms with Crippen LogP contribution in [0.25, 0.3) is 11.0 Å². The van der Waals surface area contributed by atoms with Crippen molar-refractivity contribution in [1.82, 2.24) is 9.97 Å². The van der Waals surface area contributed by atoms with Gasteiger partial charge in [-0.25, -0.2) is 13.2 Å². The second kappa shape index (κ2) is 6.44. The van der Waals surface area contributed by atoms with Crippen molar-refractivity contribution < 1.29 is 13.2 Å². The molecular formula is C16H16N4O4S. The number of rotatable bonds is 5. The summed E-state index contributed by atoms with van der Waals surface area (Å²) in [5.41, 5.74) is 1.58. The number of nitrogens with one attached hydrogen (secondary N) is 4. The molecule has 1 amide bonds. The van der Waals surface area contributed by atoms with Gasteiger partial charge in [-0.05, 0) is 42.5 Å². The Morgan fingerprint density at radius 1 is 1.00 bits per heavy atom. The fourth-order valence-corrected chi connectivity index (χ4v) is 3.33. The van der Waals surface area contributed by atoms with Crippen molar-refractivity contribution in [1.29, 1.82) is 0 Å². The number of H-pyrrole nitrogens is 2. The van der Waals surface area contributed by atoms with Gasteiger partial charge in [0.15, 0.2) is 0 Å². The Bertz CT molecular complexity index is 1080. The molecule has 1 heterocycles. The largest absolute Gasteiger partial charge is 0.326 e. The zero-order valence-electron chi connectivity index (χ0n) is 13.3. The van der Waals surface area contributed by atoms with Crippen molar-refractivity contribution >= 4 is 38.3 Å². The van der Waals surface area contributed by atoms with Gasteiger partial charge in [-0.3, -0.25) is 9.52 Å². The molecule has 0 fully saturated rings. The van der Waals surface area contributed by atoms with E-state index in [0.717, 1.165) is 0 Å². The lowest BCUT2D eigenvalue weighted by atomic mass is 10.3. The van der Waals surface area contributed by atoms with E-state index < -0.39 is 10.0 Å². The molecule has 0 aliphatic heterocycles. The van der Waals surface area contributed by atoms with Crippen LogP contribution in [0, 0.1) is 0 Å². The maximum Gasteiger partial charge on any atom is 0.323 e. The third kappa shape index (κ3) is 3.72. The average Bonchev–Trinajstić information content (AvgIpc) is 2.94. The first-order valence-corrected chi connectivity index (χ1v) is 9.00. The normalized spacial score (nSPS) is 11.4. The van der Waals surface area contributed by atoms with Crippen molar-refractivity contribution in [3.63, 3.8) is 0 Å². The van der Waals surface area contributed by atoms with Gasteiger partial charge >= 0.3 is 5.69 Å². The minimum absolute atomic E-state index is 0.0599. The maximum atomic E-state index is 12.5. The van der Waals surface area contributed by atoms with Gasteiger partial charge in [-0.2, -0.15) is 0 Å². The molecule has 3 rings (SSSR count). The number of aromatic amines is 2. The summed E-state index contributed by atoms with van der Waals surface area (Å²) in [5.74, 6) is -0.150.